The number of nitrogens with zero attached hydrogens (tertiary/aromatic N) is 1. The van der Waals surface area contributed by atoms with Gasteiger partial charge in [0.2, 0.25) is 5.79 Å². The van der Waals surface area contributed by atoms with Crippen LogP contribution in [0, 0.1) is 0 Å². The second-order valence-corrected chi connectivity index (χ2v) is 4.31. The maximum atomic E-state index is 6.31. The molecule has 0 radical (unpaired) electrons. The Hall–Kier alpha value is -2.33. The Balaban J connectivity index is 2.23. The molecule has 1 aliphatic heterocycles. The summed E-state index contributed by atoms with van der Waals surface area (Å²) in [6, 6.07) is 14.1. The highest BCUT2D eigenvalue weighted by Gasteiger charge is 2.28. The standard InChI is InChI=1S/C14H14N4/c15-13-8-9-17-14(16,18-13)12-7-3-5-10-4-1-2-6-11(10)12/h1-9,17H,16H2,(H2,15,18). The van der Waals surface area contributed by atoms with Gasteiger partial charge in [0.05, 0.1) is 0 Å². The third-order valence-electron chi connectivity index (χ3n) is 3.06. The fraction of sp³-hybridized carbons (Fsp3) is 0.0714. The van der Waals surface area contributed by atoms with Crippen LogP contribution in [0.5, 0.6) is 0 Å². The number of nitrogens with two attached hydrogens (primary N) is 2. The fourth-order valence-corrected chi connectivity index (χ4v) is 2.22. The van der Waals surface area contributed by atoms with Crippen molar-refractivity contribution in [1.29, 1.82) is 0 Å². The van der Waals surface area contributed by atoms with Crippen LogP contribution in [0.1, 0.15) is 5.56 Å². The SMILES string of the molecule is NC1=NC(N)(c2cccc3ccccc23)NC=C1. The lowest BCUT2D eigenvalue weighted by molar-refractivity contribution is 0.413. The van der Waals surface area contributed by atoms with Gasteiger partial charge in [0.15, 0.2) is 0 Å². The van der Waals surface area contributed by atoms with Crippen LogP contribution in [-0.4, -0.2) is 5.84 Å². The maximum absolute atomic E-state index is 6.31. The lowest BCUT2D eigenvalue weighted by Crippen LogP contribution is -2.49. The van der Waals surface area contributed by atoms with Gasteiger partial charge in [-0.15, -0.1) is 0 Å². The first-order valence-electron chi connectivity index (χ1n) is 5.76. The van der Waals surface area contributed by atoms with Gasteiger partial charge in [-0.25, -0.2) is 4.99 Å². The van der Waals surface area contributed by atoms with Crippen molar-refractivity contribution in [1.82, 2.24) is 5.32 Å². The summed E-state index contributed by atoms with van der Waals surface area (Å²) in [7, 11) is 0. The molecule has 0 aliphatic carbocycles. The van der Waals surface area contributed by atoms with Crippen LogP contribution in [0.4, 0.5) is 0 Å². The molecule has 5 N–H and O–H groups in total. The van der Waals surface area contributed by atoms with Crippen LogP contribution in [-0.2, 0) is 5.79 Å². The highest BCUT2D eigenvalue weighted by Crippen LogP contribution is 2.27. The lowest BCUT2D eigenvalue weighted by Gasteiger charge is -2.29. The molecule has 1 unspecified atom stereocenters. The molecule has 4 nitrogen and oxygen atoms in total. The van der Waals surface area contributed by atoms with E-state index in [1.165, 1.54) is 0 Å². The van der Waals surface area contributed by atoms with Gasteiger partial charge >= 0.3 is 0 Å². The Bertz CT molecular complexity index is 654. The number of hydrogen-bond acceptors (Lipinski definition) is 4. The van der Waals surface area contributed by atoms with Gasteiger partial charge in [0.25, 0.3) is 0 Å². The van der Waals surface area contributed by atoms with E-state index in [1.807, 2.05) is 42.5 Å². The van der Waals surface area contributed by atoms with Crippen LogP contribution in [0.15, 0.2) is 59.7 Å². The number of benzene rings is 2. The molecule has 0 aromatic heterocycles. The first-order chi connectivity index (χ1) is 8.69. The normalized spacial score (nSPS) is 22.6. The van der Waals surface area contributed by atoms with Crippen molar-refractivity contribution in [3.05, 3.63) is 60.3 Å². The predicted molar refractivity (Wildman–Crippen MR) is 73.7 cm³/mol. The third-order valence-corrected chi connectivity index (χ3v) is 3.06. The monoisotopic (exact) mass is 238 g/mol. The Morgan fingerprint density at radius 1 is 1.06 bits per heavy atom. The summed E-state index contributed by atoms with van der Waals surface area (Å²) in [5.74, 6) is -0.580. The second kappa shape index (κ2) is 3.85. The molecule has 2 aromatic carbocycles. The lowest BCUT2D eigenvalue weighted by atomic mass is 9.99. The average Bonchev–Trinajstić information content (AvgIpc) is 2.38. The van der Waals surface area contributed by atoms with E-state index < -0.39 is 5.79 Å². The summed E-state index contributed by atoms with van der Waals surface area (Å²) < 4.78 is 0. The van der Waals surface area contributed by atoms with Crippen molar-refractivity contribution < 1.29 is 0 Å². The van der Waals surface area contributed by atoms with E-state index in [2.05, 4.69) is 10.3 Å². The van der Waals surface area contributed by atoms with Crippen molar-refractivity contribution in [2.45, 2.75) is 5.79 Å². The van der Waals surface area contributed by atoms with Gasteiger partial charge in [-0.05, 0) is 16.8 Å². The van der Waals surface area contributed by atoms with Crippen molar-refractivity contribution >= 4 is 16.6 Å². The Kier molecular flexibility index (Phi) is 2.31. The highest BCUT2D eigenvalue weighted by atomic mass is 15.3. The average molecular weight is 238 g/mol. The van der Waals surface area contributed by atoms with Crippen LogP contribution in [0.2, 0.25) is 0 Å². The molecule has 4 heteroatoms. The van der Waals surface area contributed by atoms with Crippen molar-refractivity contribution in [3.8, 4) is 0 Å². The largest absolute Gasteiger partial charge is 0.384 e. The molecule has 0 spiro atoms. The molecule has 0 bridgehead atoms. The Morgan fingerprint density at radius 2 is 1.83 bits per heavy atom. The van der Waals surface area contributed by atoms with Crippen LogP contribution in [0.25, 0.3) is 10.8 Å². The van der Waals surface area contributed by atoms with E-state index >= 15 is 0 Å². The number of amidine groups is 1. The van der Waals surface area contributed by atoms with Gasteiger partial charge in [-0.1, -0.05) is 42.5 Å². The summed E-state index contributed by atoms with van der Waals surface area (Å²) in [5.41, 5.74) is 13.0. The van der Waals surface area contributed by atoms with Gasteiger partial charge in [0.1, 0.15) is 5.84 Å². The Labute approximate surface area is 105 Å². The minimum Gasteiger partial charge on any atom is -0.384 e. The highest BCUT2D eigenvalue weighted by molar-refractivity contribution is 5.93. The zero-order chi connectivity index (χ0) is 12.6. The molecule has 90 valence electrons. The van der Waals surface area contributed by atoms with Gasteiger partial charge in [-0.3, -0.25) is 5.73 Å². The molecule has 0 saturated heterocycles. The number of fused-ring (bicyclic) bond motifs is 1. The molecular weight excluding hydrogens is 224 g/mol. The molecule has 2 aromatic rings. The van der Waals surface area contributed by atoms with E-state index in [0.29, 0.717) is 5.84 Å². The van der Waals surface area contributed by atoms with Gasteiger partial charge in [0, 0.05) is 11.8 Å². The van der Waals surface area contributed by atoms with Gasteiger partial charge in [-0.2, -0.15) is 0 Å². The second-order valence-electron chi connectivity index (χ2n) is 4.31. The number of aliphatic imine (C=N–C) groups is 1. The van der Waals surface area contributed by atoms with Crippen molar-refractivity contribution in [3.63, 3.8) is 0 Å². The zero-order valence-corrected chi connectivity index (χ0v) is 9.80. The molecular formula is C14H14N4. The van der Waals surface area contributed by atoms with Crippen LogP contribution < -0.4 is 16.8 Å². The first kappa shape index (κ1) is 10.8. The van der Waals surface area contributed by atoms with Crippen molar-refractivity contribution in [2.75, 3.05) is 0 Å². The summed E-state index contributed by atoms with van der Waals surface area (Å²) in [5, 5.41) is 5.26. The molecule has 18 heavy (non-hydrogen) atoms. The number of hydrogen-bond donors (Lipinski definition) is 3. The van der Waals surface area contributed by atoms with E-state index in [0.717, 1.165) is 16.3 Å². The quantitative estimate of drug-likeness (QED) is 0.702. The topological polar surface area (TPSA) is 76.4 Å². The summed E-state index contributed by atoms with van der Waals surface area (Å²) in [4.78, 5) is 4.31. The fourth-order valence-electron chi connectivity index (χ4n) is 2.22. The molecule has 0 amide bonds. The van der Waals surface area contributed by atoms with Crippen LogP contribution >= 0.6 is 0 Å². The minimum atomic E-state index is -1.00. The van der Waals surface area contributed by atoms with E-state index in [-0.39, 0.29) is 0 Å². The molecule has 0 fully saturated rings. The Morgan fingerprint density at radius 3 is 2.67 bits per heavy atom. The number of nitrogens with one attached hydrogen (secondary N) is 1. The first-order valence-corrected chi connectivity index (χ1v) is 5.76. The van der Waals surface area contributed by atoms with E-state index in [9.17, 15) is 0 Å². The van der Waals surface area contributed by atoms with E-state index in [4.69, 9.17) is 11.5 Å². The molecule has 1 atom stereocenters. The molecule has 1 aliphatic rings. The molecule has 3 rings (SSSR count). The zero-order valence-electron chi connectivity index (χ0n) is 9.80. The van der Waals surface area contributed by atoms with E-state index in [1.54, 1.807) is 12.3 Å². The summed E-state index contributed by atoms with van der Waals surface area (Å²) in [6.07, 6.45) is 3.42. The van der Waals surface area contributed by atoms with Crippen LogP contribution in [0.3, 0.4) is 0 Å². The smallest absolute Gasteiger partial charge is 0.211 e. The maximum Gasteiger partial charge on any atom is 0.211 e. The predicted octanol–water partition coefficient (Wildman–Crippen LogP) is 1.38. The number of rotatable bonds is 1. The van der Waals surface area contributed by atoms with Gasteiger partial charge < -0.3 is 11.1 Å². The third kappa shape index (κ3) is 1.63. The minimum absolute atomic E-state index is 0.421. The summed E-state index contributed by atoms with van der Waals surface area (Å²) in [6.45, 7) is 0. The summed E-state index contributed by atoms with van der Waals surface area (Å²) >= 11 is 0. The molecule has 1 heterocycles. The molecule has 0 saturated carbocycles. The van der Waals surface area contributed by atoms with Crippen molar-refractivity contribution in [2.24, 2.45) is 16.5 Å².